The summed E-state index contributed by atoms with van der Waals surface area (Å²) in [6.45, 7) is 1.81. The molecule has 2 aromatic rings. The summed E-state index contributed by atoms with van der Waals surface area (Å²) in [5, 5.41) is 18.4. The Balaban J connectivity index is 2.23. The monoisotopic (exact) mass is 278 g/mol. The fourth-order valence-electron chi connectivity index (χ4n) is 1.77. The van der Waals surface area contributed by atoms with Crippen LogP contribution in [0.25, 0.3) is 0 Å². The number of hydrogen-bond donors (Lipinski definition) is 1. The van der Waals surface area contributed by atoms with Crippen molar-refractivity contribution in [2.75, 3.05) is 7.11 Å². The number of carbonyl (C=O) groups is 1. The van der Waals surface area contributed by atoms with Gasteiger partial charge in [0.15, 0.2) is 0 Å². The quantitative estimate of drug-likeness (QED) is 0.908. The Morgan fingerprint density at radius 1 is 1.47 bits per heavy atom. The van der Waals surface area contributed by atoms with Crippen LogP contribution in [0.3, 0.4) is 0 Å². The number of aryl methyl sites for hydroxylation is 1. The topological polar surface area (TPSA) is 72.3 Å². The van der Waals surface area contributed by atoms with Crippen LogP contribution in [-0.4, -0.2) is 28.4 Å². The van der Waals surface area contributed by atoms with Crippen LogP contribution in [0.5, 0.6) is 5.75 Å². The van der Waals surface area contributed by atoms with Gasteiger partial charge in [-0.15, -0.1) is 21.5 Å². The van der Waals surface area contributed by atoms with Gasteiger partial charge in [-0.3, -0.25) is 4.79 Å². The van der Waals surface area contributed by atoms with Crippen LogP contribution in [0.15, 0.2) is 24.3 Å². The zero-order valence-corrected chi connectivity index (χ0v) is 11.5. The SMILES string of the molecule is COc1cccc(CC(C(=O)O)c2nnc(C)s2)c1. The Kier molecular flexibility index (Phi) is 4.11. The third-order valence-corrected chi connectivity index (χ3v) is 3.66. The van der Waals surface area contributed by atoms with Gasteiger partial charge in [0.2, 0.25) is 0 Å². The number of aliphatic carboxylic acids is 1. The van der Waals surface area contributed by atoms with Gasteiger partial charge >= 0.3 is 5.97 Å². The van der Waals surface area contributed by atoms with Gasteiger partial charge in [-0.05, 0) is 31.0 Å². The lowest BCUT2D eigenvalue weighted by Crippen LogP contribution is -2.14. The number of benzene rings is 1. The first-order valence-electron chi connectivity index (χ1n) is 5.76. The van der Waals surface area contributed by atoms with Crippen molar-refractivity contribution in [3.8, 4) is 5.75 Å². The summed E-state index contributed by atoms with van der Waals surface area (Å²) in [4.78, 5) is 11.4. The average Bonchev–Trinajstić information content (AvgIpc) is 2.82. The highest BCUT2D eigenvalue weighted by Crippen LogP contribution is 2.25. The number of methoxy groups -OCH3 is 1. The summed E-state index contributed by atoms with van der Waals surface area (Å²) < 4.78 is 5.13. The highest BCUT2D eigenvalue weighted by atomic mass is 32.1. The number of carboxylic acids is 1. The van der Waals surface area contributed by atoms with E-state index in [1.54, 1.807) is 7.11 Å². The lowest BCUT2D eigenvalue weighted by atomic mass is 10.00. The molecule has 100 valence electrons. The van der Waals surface area contributed by atoms with Crippen LogP contribution in [0.2, 0.25) is 0 Å². The molecule has 0 fully saturated rings. The molecular weight excluding hydrogens is 264 g/mol. The van der Waals surface area contributed by atoms with Crippen LogP contribution in [-0.2, 0) is 11.2 Å². The first-order valence-corrected chi connectivity index (χ1v) is 6.57. The molecule has 1 aromatic carbocycles. The third-order valence-electron chi connectivity index (χ3n) is 2.71. The molecule has 0 aliphatic carbocycles. The molecule has 2 rings (SSSR count). The van der Waals surface area contributed by atoms with Gasteiger partial charge in [-0.1, -0.05) is 12.1 Å². The van der Waals surface area contributed by atoms with Crippen molar-refractivity contribution in [2.24, 2.45) is 0 Å². The Morgan fingerprint density at radius 3 is 2.84 bits per heavy atom. The molecule has 0 aliphatic heterocycles. The first-order chi connectivity index (χ1) is 9.10. The van der Waals surface area contributed by atoms with E-state index in [1.807, 2.05) is 31.2 Å². The van der Waals surface area contributed by atoms with Crippen molar-refractivity contribution < 1.29 is 14.6 Å². The number of hydrogen-bond acceptors (Lipinski definition) is 5. The zero-order chi connectivity index (χ0) is 13.8. The minimum absolute atomic E-state index is 0.376. The fourth-order valence-corrected chi connectivity index (χ4v) is 2.56. The van der Waals surface area contributed by atoms with Crippen LogP contribution < -0.4 is 4.74 Å². The van der Waals surface area contributed by atoms with Crippen LogP contribution in [0.1, 0.15) is 21.5 Å². The van der Waals surface area contributed by atoms with Gasteiger partial charge in [-0.25, -0.2) is 0 Å². The normalized spacial score (nSPS) is 12.1. The van der Waals surface area contributed by atoms with Crippen molar-refractivity contribution >= 4 is 17.3 Å². The molecule has 0 saturated heterocycles. The van der Waals surface area contributed by atoms with Gasteiger partial charge in [0.1, 0.15) is 21.7 Å². The van der Waals surface area contributed by atoms with E-state index in [4.69, 9.17) is 4.74 Å². The number of rotatable bonds is 5. The van der Waals surface area contributed by atoms with Crippen molar-refractivity contribution in [3.05, 3.63) is 39.8 Å². The second-order valence-electron chi connectivity index (χ2n) is 4.11. The van der Waals surface area contributed by atoms with Gasteiger partial charge < -0.3 is 9.84 Å². The minimum atomic E-state index is -0.890. The Morgan fingerprint density at radius 2 is 2.26 bits per heavy atom. The van der Waals surface area contributed by atoms with Crippen molar-refractivity contribution in [1.82, 2.24) is 10.2 Å². The Hall–Kier alpha value is -1.95. The smallest absolute Gasteiger partial charge is 0.313 e. The molecule has 5 nitrogen and oxygen atoms in total. The predicted octanol–water partition coefficient (Wildman–Crippen LogP) is 2.27. The van der Waals surface area contributed by atoms with Crippen LogP contribution >= 0.6 is 11.3 Å². The molecule has 0 amide bonds. The molecule has 1 unspecified atom stereocenters. The molecule has 0 spiro atoms. The van der Waals surface area contributed by atoms with E-state index in [2.05, 4.69) is 10.2 Å². The summed E-state index contributed by atoms with van der Waals surface area (Å²) in [7, 11) is 1.59. The van der Waals surface area contributed by atoms with Crippen LogP contribution in [0.4, 0.5) is 0 Å². The molecule has 6 heteroatoms. The highest BCUT2D eigenvalue weighted by molar-refractivity contribution is 7.11. The summed E-state index contributed by atoms with van der Waals surface area (Å²) in [5.74, 6) is -0.840. The van der Waals surface area contributed by atoms with Crippen molar-refractivity contribution in [1.29, 1.82) is 0 Å². The molecular formula is C13H14N2O3S. The summed E-state index contributed by atoms with van der Waals surface area (Å²) in [5.41, 5.74) is 0.902. The second kappa shape index (κ2) is 5.79. The maximum Gasteiger partial charge on any atom is 0.313 e. The van der Waals surface area contributed by atoms with E-state index < -0.39 is 11.9 Å². The lowest BCUT2D eigenvalue weighted by molar-refractivity contribution is -0.138. The lowest BCUT2D eigenvalue weighted by Gasteiger charge is -2.09. The molecule has 0 bridgehead atoms. The van der Waals surface area contributed by atoms with Crippen molar-refractivity contribution in [2.45, 2.75) is 19.3 Å². The van der Waals surface area contributed by atoms with E-state index >= 15 is 0 Å². The second-order valence-corrected chi connectivity index (χ2v) is 5.32. The predicted molar refractivity (Wildman–Crippen MR) is 71.7 cm³/mol. The molecule has 1 atom stereocenters. The maximum absolute atomic E-state index is 11.4. The number of carboxylic acid groups (broad SMARTS) is 1. The summed E-state index contributed by atoms with van der Waals surface area (Å²) in [6.07, 6.45) is 0.376. The number of nitrogens with zero attached hydrogens (tertiary/aromatic N) is 2. The Labute approximate surface area is 114 Å². The van der Waals surface area contributed by atoms with Gasteiger partial charge in [-0.2, -0.15) is 0 Å². The minimum Gasteiger partial charge on any atom is -0.497 e. The molecule has 1 N–H and O–H groups in total. The maximum atomic E-state index is 11.4. The largest absolute Gasteiger partial charge is 0.497 e. The summed E-state index contributed by atoms with van der Waals surface area (Å²) >= 11 is 1.32. The number of ether oxygens (including phenoxy) is 1. The first kappa shape index (κ1) is 13.5. The standard InChI is InChI=1S/C13H14N2O3S/c1-8-14-15-12(19-8)11(13(16)17)7-9-4-3-5-10(6-9)18-2/h3-6,11H,7H2,1-2H3,(H,16,17). The Bertz CT molecular complexity index is 583. The average molecular weight is 278 g/mol. The van der Waals surface area contributed by atoms with E-state index in [0.29, 0.717) is 11.4 Å². The molecule has 0 radical (unpaired) electrons. The third kappa shape index (κ3) is 3.29. The zero-order valence-electron chi connectivity index (χ0n) is 10.7. The fraction of sp³-hybridized carbons (Fsp3) is 0.308. The van der Waals surface area contributed by atoms with Crippen LogP contribution in [0, 0.1) is 6.92 Å². The summed E-state index contributed by atoms with van der Waals surface area (Å²) in [6, 6.07) is 7.39. The molecule has 0 saturated carbocycles. The van der Waals surface area contributed by atoms with E-state index in [0.717, 1.165) is 16.3 Å². The van der Waals surface area contributed by atoms with E-state index in [1.165, 1.54) is 11.3 Å². The van der Waals surface area contributed by atoms with Gasteiger partial charge in [0.25, 0.3) is 0 Å². The molecule has 1 heterocycles. The molecule has 1 aromatic heterocycles. The van der Waals surface area contributed by atoms with Gasteiger partial charge in [0.05, 0.1) is 7.11 Å². The molecule has 0 aliphatic rings. The highest BCUT2D eigenvalue weighted by Gasteiger charge is 2.24. The van der Waals surface area contributed by atoms with Crippen molar-refractivity contribution in [3.63, 3.8) is 0 Å². The van der Waals surface area contributed by atoms with Gasteiger partial charge in [0, 0.05) is 0 Å². The number of aromatic nitrogens is 2. The molecule has 19 heavy (non-hydrogen) atoms. The van der Waals surface area contributed by atoms with E-state index in [-0.39, 0.29) is 0 Å². The van der Waals surface area contributed by atoms with E-state index in [9.17, 15) is 9.90 Å².